The molecule has 0 aliphatic rings. The number of rotatable bonds is 3. The van der Waals surface area contributed by atoms with Crippen LogP contribution in [0.25, 0.3) is 0 Å². The van der Waals surface area contributed by atoms with Gasteiger partial charge in [0.05, 0.1) is 0 Å². The van der Waals surface area contributed by atoms with Gasteiger partial charge in [-0.15, -0.1) is 13.2 Å². The first-order valence-corrected chi connectivity index (χ1v) is 5.25. The van der Waals surface area contributed by atoms with Crippen LogP contribution < -0.4 is 9.47 Å². The number of ether oxygens (including phenoxy) is 2. The summed E-state index contributed by atoms with van der Waals surface area (Å²) in [5, 5.41) is 9.09. The van der Waals surface area contributed by atoms with Crippen molar-refractivity contribution in [1.82, 2.24) is 0 Å². The highest BCUT2D eigenvalue weighted by atomic mass is 19.4. The lowest BCUT2D eigenvalue weighted by Crippen LogP contribution is -2.16. The minimum atomic E-state index is -4.74. The molecule has 0 aliphatic heterocycles. The molecule has 2 aromatic carbocycles. The van der Waals surface area contributed by atoms with Gasteiger partial charge in [0.15, 0.2) is 0 Å². The third-order valence-electron chi connectivity index (χ3n) is 2.11. The predicted molar refractivity (Wildman–Crippen MR) is 61.3 cm³/mol. The molecule has 0 amide bonds. The largest absolute Gasteiger partial charge is 0.573 e. The first-order chi connectivity index (χ1) is 8.92. The molecule has 0 saturated heterocycles. The SMILES string of the molecule is Oc1ccc(Oc2cccc(OC(F)(F)F)c2)cc1. The van der Waals surface area contributed by atoms with Crippen molar-refractivity contribution in [1.29, 1.82) is 0 Å². The van der Waals surface area contributed by atoms with Gasteiger partial charge in [-0.3, -0.25) is 0 Å². The van der Waals surface area contributed by atoms with E-state index in [1.165, 1.54) is 42.5 Å². The van der Waals surface area contributed by atoms with Gasteiger partial charge < -0.3 is 14.6 Å². The van der Waals surface area contributed by atoms with Crippen LogP contribution in [0.1, 0.15) is 0 Å². The van der Waals surface area contributed by atoms with Gasteiger partial charge in [0.1, 0.15) is 23.0 Å². The Hall–Kier alpha value is -2.37. The molecule has 0 fully saturated rings. The summed E-state index contributed by atoms with van der Waals surface area (Å²) < 4.78 is 45.3. The third-order valence-corrected chi connectivity index (χ3v) is 2.11. The van der Waals surface area contributed by atoms with Crippen molar-refractivity contribution in [3.05, 3.63) is 48.5 Å². The van der Waals surface area contributed by atoms with E-state index >= 15 is 0 Å². The molecule has 0 bridgehead atoms. The van der Waals surface area contributed by atoms with Gasteiger partial charge in [-0.1, -0.05) is 6.07 Å². The molecule has 2 aromatic rings. The summed E-state index contributed by atoms with van der Waals surface area (Å²) in [6.45, 7) is 0. The van der Waals surface area contributed by atoms with E-state index in [0.717, 1.165) is 6.07 Å². The molecule has 0 aliphatic carbocycles. The molecule has 0 heterocycles. The van der Waals surface area contributed by atoms with E-state index in [4.69, 9.17) is 9.84 Å². The Labute approximate surface area is 106 Å². The fraction of sp³-hybridized carbons (Fsp3) is 0.0769. The topological polar surface area (TPSA) is 38.7 Å². The van der Waals surface area contributed by atoms with E-state index in [-0.39, 0.29) is 17.2 Å². The lowest BCUT2D eigenvalue weighted by Gasteiger charge is -2.10. The zero-order chi connectivity index (χ0) is 13.9. The van der Waals surface area contributed by atoms with Crippen molar-refractivity contribution < 1.29 is 27.8 Å². The number of benzene rings is 2. The molecule has 0 radical (unpaired) electrons. The number of alkyl halides is 3. The molecule has 0 unspecified atom stereocenters. The maximum atomic E-state index is 12.1. The first kappa shape index (κ1) is 13.1. The summed E-state index contributed by atoms with van der Waals surface area (Å²) in [7, 11) is 0. The minimum absolute atomic E-state index is 0.0708. The molecule has 0 spiro atoms. The van der Waals surface area contributed by atoms with Crippen LogP contribution >= 0.6 is 0 Å². The summed E-state index contributed by atoms with van der Waals surface area (Å²) in [5.74, 6) is 0.305. The zero-order valence-electron chi connectivity index (χ0n) is 9.52. The molecule has 1 N–H and O–H groups in total. The van der Waals surface area contributed by atoms with Gasteiger partial charge in [0, 0.05) is 6.07 Å². The van der Waals surface area contributed by atoms with Gasteiger partial charge in [-0.25, -0.2) is 0 Å². The zero-order valence-corrected chi connectivity index (χ0v) is 9.52. The maximum absolute atomic E-state index is 12.1. The molecule has 100 valence electrons. The summed E-state index contributed by atoms with van der Waals surface area (Å²) in [6, 6.07) is 11.0. The number of phenolic OH excluding ortho intramolecular Hbond substituents is 1. The Kier molecular flexibility index (Phi) is 3.50. The predicted octanol–water partition coefficient (Wildman–Crippen LogP) is 4.08. The fourth-order valence-electron chi connectivity index (χ4n) is 1.39. The number of hydrogen-bond acceptors (Lipinski definition) is 3. The lowest BCUT2D eigenvalue weighted by molar-refractivity contribution is -0.274. The van der Waals surface area contributed by atoms with Crippen molar-refractivity contribution in [2.75, 3.05) is 0 Å². The van der Waals surface area contributed by atoms with E-state index in [1.807, 2.05) is 0 Å². The molecule has 0 atom stereocenters. The number of aromatic hydroxyl groups is 1. The quantitative estimate of drug-likeness (QED) is 0.913. The van der Waals surface area contributed by atoms with Crippen LogP contribution in [-0.4, -0.2) is 11.5 Å². The molecule has 0 saturated carbocycles. The highest BCUT2D eigenvalue weighted by Gasteiger charge is 2.31. The second-order valence-electron chi connectivity index (χ2n) is 3.62. The molecule has 0 aromatic heterocycles. The molecule has 2 rings (SSSR count). The second kappa shape index (κ2) is 5.09. The molecular weight excluding hydrogens is 261 g/mol. The van der Waals surface area contributed by atoms with E-state index in [2.05, 4.69) is 4.74 Å². The number of phenols is 1. The Morgan fingerprint density at radius 2 is 1.47 bits per heavy atom. The first-order valence-electron chi connectivity index (χ1n) is 5.25. The van der Waals surface area contributed by atoms with E-state index in [9.17, 15) is 13.2 Å². The maximum Gasteiger partial charge on any atom is 0.573 e. The summed E-state index contributed by atoms with van der Waals surface area (Å²) in [4.78, 5) is 0. The number of hydrogen-bond donors (Lipinski definition) is 1. The summed E-state index contributed by atoms with van der Waals surface area (Å²) in [6.07, 6.45) is -4.74. The van der Waals surface area contributed by atoms with Crippen molar-refractivity contribution in [3.63, 3.8) is 0 Å². The highest BCUT2D eigenvalue weighted by molar-refractivity contribution is 5.38. The standard InChI is InChI=1S/C13H9F3O3/c14-13(15,16)19-12-3-1-2-11(8-12)18-10-6-4-9(17)5-7-10/h1-8,17H. The van der Waals surface area contributed by atoms with Crippen LogP contribution in [0.4, 0.5) is 13.2 Å². The Bertz CT molecular complexity index is 550. The molecule has 19 heavy (non-hydrogen) atoms. The second-order valence-corrected chi connectivity index (χ2v) is 3.62. The van der Waals surface area contributed by atoms with Gasteiger partial charge in [-0.2, -0.15) is 0 Å². The summed E-state index contributed by atoms with van der Waals surface area (Å²) in [5.41, 5.74) is 0. The van der Waals surface area contributed by atoms with Crippen molar-refractivity contribution in [3.8, 4) is 23.0 Å². The average molecular weight is 270 g/mol. The fourth-order valence-corrected chi connectivity index (χ4v) is 1.39. The summed E-state index contributed by atoms with van der Waals surface area (Å²) >= 11 is 0. The Morgan fingerprint density at radius 3 is 2.11 bits per heavy atom. The molecular formula is C13H9F3O3. The smallest absolute Gasteiger partial charge is 0.508 e. The van der Waals surface area contributed by atoms with Crippen LogP contribution in [0.5, 0.6) is 23.0 Å². The Balaban J connectivity index is 2.13. The van der Waals surface area contributed by atoms with Gasteiger partial charge in [-0.05, 0) is 36.4 Å². The van der Waals surface area contributed by atoms with E-state index in [0.29, 0.717) is 5.75 Å². The van der Waals surface area contributed by atoms with Crippen LogP contribution in [0.15, 0.2) is 48.5 Å². The van der Waals surface area contributed by atoms with Crippen LogP contribution in [0, 0.1) is 0 Å². The van der Waals surface area contributed by atoms with Crippen LogP contribution in [-0.2, 0) is 0 Å². The normalized spacial score (nSPS) is 11.1. The van der Waals surface area contributed by atoms with Gasteiger partial charge >= 0.3 is 6.36 Å². The lowest BCUT2D eigenvalue weighted by atomic mass is 10.3. The van der Waals surface area contributed by atoms with E-state index < -0.39 is 6.36 Å². The highest BCUT2D eigenvalue weighted by Crippen LogP contribution is 2.29. The third kappa shape index (κ3) is 4.09. The van der Waals surface area contributed by atoms with Gasteiger partial charge in [0.25, 0.3) is 0 Å². The van der Waals surface area contributed by atoms with Crippen LogP contribution in [0.3, 0.4) is 0 Å². The van der Waals surface area contributed by atoms with Crippen molar-refractivity contribution in [2.45, 2.75) is 6.36 Å². The molecule has 3 nitrogen and oxygen atoms in total. The minimum Gasteiger partial charge on any atom is -0.508 e. The monoisotopic (exact) mass is 270 g/mol. The van der Waals surface area contributed by atoms with E-state index in [1.54, 1.807) is 0 Å². The van der Waals surface area contributed by atoms with Crippen molar-refractivity contribution >= 4 is 0 Å². The Morgan fingerprint density at radius 1 is 0.842 bits per heavy atom. The van der Waals surface area contributed by atoms with Gasteiger partial charge in [0.2, 0.25) is 0 Å². The molecule has 6 heteroatoms. The van der Waals surface area contributed by atoms with Crippen LogP contribution in [0.2, 0.25) is 0 Å². The number of halogens is 3. The average Bonchev–Trinajstić information content (AvgIpc) is 2.30. The van der Waals surface area contributed by atoms with Crippen molar-refractivity contribution in [2.24, 2.45) is 0 Å².